The number of piperazine rings is 1. The van der Waals surface area contributed by atoms with E-state index >= 15 is 0 Å². The summed E-state index contributed by atoms with van der Waals surface area (Å²) in [5.74, 6) is -0.0819. The third-order valence-corrected chi connectivity index (χ3v) is 6.26. The average Bonchev–Trinajstić information content (AvgIpc) is 2.69. The maximum Gasteiger partial charge on any atom is 0.240 e. The van der Waals surface area contributed by atoms with Crippen LogP contribution in [0.3, 0.4) is 0 Å². The van der Waals surface area contributed by atoms with Crippen molar-refractivity contribution in [2.45, 2.75) is 11.8 Å². The Morgan fingerprint density at radius 1 is 0.963 bits per heavy atom. The number of para-hydroxylation sites is 1. The number of anilines is 1. The van der Waals surface area contributed by atoms with Gasteiger partial charge in [0.05, 0.1) is 4.90 Å². The molecule has 1 N–H and O–H groups in total. The van der Waals surface area contributed by atoms with E-state index in [0.717, 1.165) is 26.2 Å². The zero-order valence-corrected chi connectivity index (χ0v) is 16.3. The van der Waals surface area contributed by atoms with Gasteiger partial charge < -0.3 is 4.90 Å². The van der Waals surface area contributed by atoms with Gasteiger partial charge in [0.15, 0.2) is 5.78 Å². The van der Waals surface area contributed by atoms with Crippen molar-refractivity contribution in [1.29, 1.82) is 0 Å². The van der Waals surface area contributed by atoms with Crippen molar-refractivity contribution in [3.8, 4) is 0 Å². The van der Waals surface area contributed by atoms with E-state index in [1.54, 1.807) is 12.1 Å². The van der Waals surface area contributed by atoms with Crippen LogP contribution in [0.1, 0.15) is 17.3 Å². The maximum atomic E-state index is 12.4. The number of carbonyl (C=O) groups is 1. The number of ketones is 1. The van der Waals surface area contributed by atoms with Crippen LogP contribution in [0, 0.1) is 0 Å². The van der Waals surface area contributed by atoms with E-state index in [-0.39, 0.29) is 10.7 Å². The molecule has 0 bridgehead atoms. The minimum absolute atomic E-state index is 0.0819. The molecule has 1 aliphatic heterocycles. The van der Waals surface area contributed by atoms with Gasteiger partial charge in [0.2, 0.25) is 10.0 Å². The average molecular weight is 388 g/mol. The van der Waals surface area contributed by atoms with Gasteiger partial charge in [-0.3, -0.25) is 9.69 Å². The third-order valence-electron chi connectivity index (χ3n) is 4.78. The van der Waals surface area contributed by atoms with Crippen LogP contribution in [0.4, 0.5) is 5.69 Å². The second-order valence-electron chi connectivity index (χ2n) is 6.64. The number of nitrogens with zero attached hydrogens (tertiary/aromatic N) is 2. The molecule has 1 heterocycles. The highest BCUT2D eigenvalue weighted by Gasteiger charge is 2.18. The monoisotopic (exact) mass is 387 g/mol. The largest absolute Gasteiger partial charge is 0.369 e. The Bertz CT molecular complexity index is 859. The van der Waals surface area contributed by atoms with E-state index < -0.39 is 10.0 Å². The number of Topliss-reactive ketones (excluding diaryl/α,β-unsaturated/α-hetero) is 1. The first-order chi connectivity index (χ1) is 13.0. The zero-order chi connectivity index (χ0) is 19.3. The van der Waals surface area contributed by atoms with E-state index in [4.69, 9.17) is 0 Å². The quantitative estimate of drug-likeness (QED) is 0.736. The molecular weight excluding hydrogens is 362 g/mol. The number of carbonyl (C=O) groups excluding carboxylic acids is 1. The Morgan fingerprint density at radius 3 is 2.19 bits per heavy atom. The Labute approximate surface area is 160 Å². The molecule has 0 amide bonds. The van der Waals surface area contributed by atoms with E-state index in [2.05, 4.69) is 26.7 Å². The van der Waals surface area contributed by atoms with Crippen molar-refractivity contribution in [2.24, 2.45) is 0 Å². The number of hydrogen-bond donors (Lipinski definition) is 1. The van der Waals surface area contributed by atoms with Crippen LogP contribution >= 0.6 is 0 Å². The summed E-state index contributed by atoms with van der Waals surface area (Å²) in [6.45, 7) is 6.18. The fourth-order valence-electron chi connectivity index (χ4n) is 3.16. The third kappa shape index (κ3) is 5.15. The molecule has 0 spiro atoms. The molecule has 144 valence electrons. The number of rotatable bonds is 7. The zero-order valence-electron chi connectivity index (χ0n) is 15.5. The normalized spacial score (nSPS) is 15.7. The second-order valence-corrected chi connectivity index (χ2v) is 8.41. The first-order valence-electron chi connectivity index (χ1n) is 9.09. The Kier molecular flexibility index (Phi) is 6.26. The standard InChI is InChI=1S/C20H25N3O3S/c1-17(24)18-7-9-20(10-8-18)27(25,26)21-11-12-22-13-15-23(16-14-22)19-5-3-2-4-6-19/h2-10,21H,11-16H2,1H3. The van der Waals surface area contributed by atoms with E-state index in [1.807, 2.05) is 18.2 Å². The van der Waals surface area contributed by atoms with Gasteiger partial charge in [-0.05, 0) is 31.2 Å². The lowest BCUT2D eigenvalue weighted by Crippen LogP contribution is -2.48. The number of nitrogens with one attached hydrogen (secondary N) is 1. The molecule has 3 rings (SSSR count). The van der Waals surface area contributed by atoms with Crippen LogP contribution in [0.25, 0.3) is 0 Å². The van der Waals surface area contributed by atoms with Gasteiger partial charge in [-0.2, -0.15) is 0 Å². The molecule has 7 heteroatoms. The number of hydrogen-bond acceptors (Lipinski definition) is 5. The summed E-state index contributed by atoms with van der Waals surface area (Å²) in [4.78, 5) is 16.1. The van der Waals surface area contributed by atoms with Gasteiger partial charge in [0.1, 0.15) is 0 Å². The Hall–Kier alpha value is -2.22. The highest BCUT2D eigenvalue weighted by Crippen LogP contribution is 2.15. The van der Waals surface area contributed by atoms with Crippen LogP contribution in [-0.4, -0.2) is 58.4 Å². The van der Waals surface area contributed by atoms with Crippen molar-refractivity contribution in [1.82, 2.24) is 9.62 Å². The molecule has 1 aliphatic rings. The summed E-state index contributed by atoms with van der Waals surface area (Å²) < 4.78 is 27.4. The molecule has 0 aromatic heterocycles. The smallest absolute Gasteiger partial charge is 0.240 e. The summed E-state index contributed by atoms with van der Waals surface area (Å²) in [6, 6.07) is 16.3. The molecule has 2 aromatic rings. The maximum absolute atomic E-state index is 12.4. The van der Waals surface area contributed by atoms with Gasteiger partial charge in [0.25, 0.3) is 0 Å². The molecule has 0 radical (unpaired) electrons. The molecule has 2 aromatic carbocycles. The summed E-state index contributed by atoms with van der Waals surface area (Å²) in [5.41, 5.74) is 1.73. The predicted octanol–water partition coefficient (Wildman–Crippen LogP) is 1.99. The van der Waals surface area contributed by atoms with Crippen LogP contribution in [0.15, 0.2) is 59.5 Å². The van der Waals surface area contributed by atoms with Crippen molar-refractivity contribution < 1.29 is 13.2 Å². The van der Waals surface area contributed by atoms with E-state index in [1.165, 1.54) is 24.7 Å². The van der Waals surface area contributed by atoms with Crippen molar-refractivity contribution in [3.05, 3.63) is 60.2 Å². The number of sulfonamides is 1. The lowest BCUT2D eigenvalue weighted by atomic mass is 10.2. The van der Waals surface area contributed by atoms with Gasteiger partial charge >= 0.3 is 0 Å². The van der Waals surface area contributed by atoms with Gasteiger partial charge in [0, 0.05) is 50.5 Å². The summed E-state index contributed by atoms with van der Waals surface area (Å²) in [5, 5.41) is 0. The van der Waals surface area contributed by atoms with Crippen molar-refractivity contribution in [3.63, 3.8) is 0 Å². The second kappa shape index (κ2) is 8.65. The van der Waals surface area contributed by atoms with Crippen LogP contribution < -0.4 is 9.62 Å². The van der Waals surface area contributed by atoms with Crippen LogP contribution in [0.5, 0.6) is 0 Å². The summed E-state index contributed by atoms with van der Waals surface area (Å²) >= 11 is 0. The minimum atomic E-state index is -3.56. The summed E-state index contributed by atoms with van der Waals surface area (Å²) in [7, 11) is -3.56. The van der Waals surface area contributed by atoms with Crippen LogP contribution in [0.2, 0.25) is 0 Å². The highest BCUT2D eigenvalue weighted by atomic mass is 32.2. The van der Waals surface area contributed by atoms with Gasteiger partial charge in [-0.25, -0.2) is 13.1 Å². The summed E-state index contributed by atoms with van der Waals surface area (Å²) in [6.07, 6.45) is 0. The lowest BCUT2D eigenvalue weighted by molar-refractivity contribution is 0.101. The Morgan fingerprint density at radius 2 is 1.59 bits per heavy atom. The molecule has 27 heavy (non-hydrogen) atoms. The fraction of sp³-hybridized carbons (Fsp3) is 0.350. The highest BCUT2D eigenvalue weighted by molar-refractivity contribution is 7.89. The predicted molar refractivity (Wildman–Crippen MR) is 107 cm³/mol. The van der Waals surface area contributed by atoms with Gasteiger partial charge in [-0.1, -0.05) is 30.3 Å². The molecular formula is C20H25N3O3S. The van der Waals surface area contributed by atoms with Crippen molar-refractivity contribution >= 4 is 21.5 Å². The fourth-order valence-corrected chi connectivity index (χ4v) is 4.18. The molecule has 0 atom stereocenters. The number of benzene rings is 2. The molecule has 0 saturated carbocycles. The van der Waals surface area contributed by atoms with Gasteiger partial charge in [-0.15, -0.1) is 0 Å². The SMILES string of the molecule is CC(=O)c1ccc(S(=O)(=O)NCCN2CCN(c3ccccc3)CC2)cc1. The van der Waals surface area contributed by atoms with E-state index in [0.29, 0.717) is 18.7 Å². The first kappa shape index (κ1) is 19.5. The topological polar surface area (TPSA) is 69.7 Å². The van der Waals surface area contributed by atoms with Crippen LogP contribution in [-0.2, 0) is 10.0 Å². The lowest BCUT2D eigenvalue weighted by Gasteiger charge is -2.36. The first-order valence-corrected chi connectivity index (χ1v) is 10.6. The molecule has 0 unspecified atom stereocenters. The van der Waals surface area contributed by atoms with E-state index in [9.17, 15) is 13.2 Å². The minimum Gasteiger partial charge on any atom is -0.369 e. The Balaban J connectivity index is 1.46. The molecule has 1 fully saturated rings. The molecule has 1 saturated heterocycles. The molecule has 0 aliphatic carbocycles. The van der Waals surface area contributed by atoms with Crippen molar-refractivity contribution in [2.75, 3.05) is 44.2 Å². The molecule has 6 nitrogen and oxygen atoms in total.